The fourth-order valence-corrected chi connectivity index (χ4v) is 5.42. The van der Waals surface area contributed by atoms with E-state index in [1.54, 1.807) is 42.5 Å². The van der Waals surface area contributed by atoms with Crippen LogP contribution >= 0.6 is 0 Å². The highest BCUT2D eigenvalue weighted by Gasteiger charge is 2.37. The zero-order valence-corrected chi connectivity index (χ0v) is 20.7. The van der Waals surface area contributed by atoms with Gasteiger partial charge in [-0.1, -0.05) is 48.9 Å². The molecule has 37 heavy (non-hydrogen) atoms. The third kappa shape index (κ3) is 6.39. The van der Waals surface area contributed by atoms with Crippen LogP contribution < -0.4 is 15.8 Å². The van der Waals surface area contributed by atoms with Crippen LogP contribution in [0.1, 0.15) is 30.4 Å². The first-order valence-electron chi connectivity index (χ1n) is 11.8. The number of amides is 2. The highest BCUT2D eigenvalue weighted by molar-refractivity contribution is 7.89. The summed E-state index contributed by atoms with van der Waals surface area (Å²) in [6.07, 6.45) is 1.80. The van der Waals surface area contributed by atoms with Gasteiger partial charge in [-0.3, -0.25) is 9.59 Å². The number of primary sulfonamides is 1. The van der Waals surface area contributed by atoms with E-state index in [0.29, 0.717) is 30.4 Å². The predicted molar refractivity (Wildman–Crippen MR) is 134 cm³/mol. The Hall–Kier alpha value is -3.63. The van der Waals surface area contributed by atoms with E-state index in [0.717, 1.165) is 23.8 Å². The Morgan fingerprint density at radius 3 is 2.14 bits per heavy atom. The van der Waals surface area contributed by atoms with E-state index in [1.807, 2.05) is 0 Å². The Labute approximate surface area is 214 Å². The molecule has 2 atom stereocenters. The van der Waals surface area contributed by atoms with Gasteiger partial charge in [0.15, 0.2) is 0 Å². The van der Waals surface area contributed by atoms with Crippen LogP contribution in [0.3, 0.4) is 0 Å². The van der Waals surface area contributed by atoms with Crippen LogP contribution in [0.2, 0.25) is 0 Å². The van der Waals surface area contributed by atoms with Gasteiger partial charge in [0.05, 0.1) is 4.90 Å². The molecule has 1 aliphatic rings. The molecule has 4 N–H and O–H groups in total. The van der Waals surface area contributed by atoms with Gasteiger partial charge in [-0.15, -0.1) is 0 Å². The van der Waals surface area contributed by atoms with Crippen LogP contribution in [0.15, 0.2) is 71.6 Å². The first-order valence-corrected chi connectivity index (χ1v) is 13.4. The van der Waals surface area contributed by atoms with E-state index in [-0.39, 0.29) is 35.4 Å². The number of nitrogens with two attached hydrogens (primary N) is 1. The lowest BCUT2D eigenvalue weighted by molar-refractivity contribution is -0.133. The van der Waals surface area contributed by atoms with E-state index in [4.69, 9.17) is 5.14 Å². The topological polar surface area (TPSA) is 118 Å². The Kier molecular flexibility index (Phi) is 7.99. The largest absolute Gasteiger partial charge is 0.352 e. The summed E-state index contributed by atoms with van der Waals surface area (Å²) in [5.41, 5.74) is 1.99. The van der Waals surface area contributed by atoms with Crippen molar-refractivity contribution in [3.63, 3.8) is 0 Å². The maximum absolute atomic E-state index is 13.8. The van der Waals surface area contributed by atoms with Gasteiger partial charge in [0.25, 0.3) is 0 Å². The molecular formula is C27H27F2N3O4S. The molecule has 0 bridgehead atoms. The maximum Gasteiger partial charge on any atom is 0.238 e. The first-order chi connectivity index (χ1) is 17.6. The number of benzene rings is 3. The summed E-state index contributed by atoms with van der Waals surface area (Å²) in [5.74, 6) is -2.88. The van der Waals surface area contributed by atoms with Crippen LogP contribution in [-0.4, -0.2) is 20.2 Å². The highest BCUT2D eigenvalue weighted by Crippen LogP contribution is 2.32. The molecule has 1 saturated carbocycles. The summed E-state index contributed by atoms with van der Waals surface area (Å²) in [4.78, 5) is 25.6. The molecule has 0 heterocycles. The molecule has 0 aromatic heterocycles. The monoisotopic (exact) mass is 527 g/mol. The highest BCUT2D eigenvalue weighted by atomic mass is 32.2. The quantitative estimate of drug-likeness (QED) is 0.415. The summed E-state index contributed by atoms with van der Waals surface area (Å²) < 4.78 is 51.0. The average Bonchev–Trinajstić information content (AvgIpc) is 3.38. The molecule has 3 aromatic carbocycles. The number of carbonyl (C=O) groups excluding carboxylic acids is 2. The van der Waals surface area contributed by atoms with Crippen LogP contribution in [0.5, 0.6) is 0 Å². The number of carbonyl (C=O) groups is 2. The molecule has 0 radical (unpaired) electrons. The van der Waals surface area contributed by atoms with Crippen molar-refractivity contribution in [1.82, 2.24) is 10.6 Å². The molecule has 0 saturated heterocycles. The second kappa shape index (κ2) is 11.2. The SMILES string of the molecule is NS(=O)(=O)c1ccccc1-c1ccc(CNC(=O)[C@@H]2CCC[C@H]2C(=O)NCc2cc(F)ccc2F)cc1. The normalized spacial score (nSPS) is 17.4. The predicted octanol–water partition coefficient (Wildman–Crippen LogP) is 3.63. The molecule has 4 rings (SSSR count). The number of nitrogens with one attached hydrogen (secondary N) is 2. The summed E-state index contributed by atoms with van der Waals surface area (Å²) in [7, 11) is -3.88. The number of hydrogen-bond acceptors (Lipinski definition) is 4. The molecule has 1 fully saturated rings. The smallest absolute Gasteiger partial charge is 0.238 e. The molecule has 2 amide bonds. The lowest BCUT2D eigenvalue weighted by Crippen LogP contribution is -2.39. The number of sulfonamides is 1. The van der Waals surface area contributed by atoms with E-state index >= 15 is 0 Å². The molecule has 194 valence electrons. The fraction of sp³-hybridized carbons (Fsp3) is 0.259. The van der Waals surface area contributed by atoms with E-state index in [9.17, 15) is 26.8 Å². The molecule has 7 nitrogen and oxygen atoms in total. The van der Waals surface area contributed by atoms with Crippen LogP contribution in [0.4, 0.5) is 8.78 Å². The maximum atomic E-state index is 13.8. The lowest BCUT2D eigenvalue weighted by atomic mass is 9.94. The standard InChI is InChI=1S/C27H27F2N3O4S/c28-20-12-13-24(29)19(14-20)16-32-27(34)23-6-3-5-22(23)26(33)31-15-17-8-10-18(11-9-17)21-4-1-2-7-25(21)37(30,35)36/h1-2,4,7-14,22-23H,3,5-6,15-16H2,(H,31,33)(H,32,34)(H2,30,35,36)/t22-,23-/m1/s1. The first kappa shape index (κ1) is 26.4. The van der Waals surface area contributed by atoms with Crippen molar-refractivity contribution >= 4 is 21.8 Å². The number of hydrogen-bond donors (Lipinski definition) is 3. The molecule has 0 unspecified atom stereocenters. The number of rotatable bonds is 8. The van der Waals surface area contributed by atoms with Gasteiger partial charge >= 0.3 is 0 Å². The summed E-state index contributed by atoms with van der Waals surface area (Å²) in [6, 6.07) is 16.6. The van der Waals surface area contributed by atoms with Gasteiger partial charge in [0.2, 0.25) is 21.8 Å². The van der Waals surface area contributed by atoms with Crippen LogP contribution in [0, 0.1) is 23.5 Å². The van der Waals surface area contributed by atoms with E-state index < -0.39 is 33.5 Å². The summed E-state index contributed by atoms with van der Waals surface area (Å²) in [6.45, 7) is 0.0729. The summed E-state index contributed by atoms with van der Waals surface area (Å²) in [5, 5.41) is 10.8. The molecule has 3 aromatic rings. The Bertz CT molecular complexity index is 1410. The third-order valence-corrected chi connectivity index (χ3v) is 7.54. The number of halogens is 2. The van der Waals surface area contributed by atoms with E-state index in [2.05, 4.69) is 10.6 Å². The van der Waals surface area contributed by atoms with E-state index in [1.165, 1.54) is 6.07 Å². The molecule has 0 aliphatic heterocycles. The van der Waals surface area contributed by atoms with Crippen molar-refractivity contribution in [1.29, 1.82) is 0 Å². The fourth-order valence-electron chi connectivity index (χ4n) is 4.66. The molecule has 1 aliphatic carbocycles. The molecule has 0 spiro atoms. The van der Waals surface area contributed by atoms with Gasteiger partial charge in [-0.05, 0) is 48.2 Å². The third-order valence-electron chi connectivity index (χ3n) is 6.58. The van der Waals surface area contributed by atoms with Gasteiger partial charge in [-0.2, -0.15) is 0 Å². The van der Waals surface area contributed by atoms with Crippen molar-refractivity contribution in [2.75, 3.05) is 0 Å². The summed E-state index contributed by atoms with van der Waals surface area (Å²) >= 11 is 0. The van der Waals surface area contributed by atoms with Gasteiger partial charge in [0.1, 0.15) is 11.6 Å². The second-order valence-electron chi connectivity index (χ2n) is 9.05. The Balaban J connectivity index is 1.35. The lowest BCUT2D eigenvalue weighted by Gasteiger charge is -2.19. The van der Waals surface area contributed by atoms with Crippen molar-refractivity contribution in [2.45, 2.75) is 37.2 Å². The van der Waals surface area contributed by atoms with Crippen molar-refractivity contribution in [3.05, 3.63) is 89.5 Å². The van der Waals surface area contributed by atoms with Gasteiger partial charge in [-0.25, -0.2) is 22.3 Å². The van der Waals surface area contributed by atoms with Gasteiger partial charge < -0.3 is 10.6 Å². The van der Waals surface area contributed by atoms with Crippen molar-refractivity contribution in [3.8, 4) is 11.1 Å². The van der Waals surface area contributed by atoms with Crippen LogP contribution in [-0.2, 0) is 32.7 Å². The second-order valence-corrected chi connectivity index (χ2v) is 10.6. The molecular weight excluding hydrogens is 500 g/mol. The zero-order chi connectivity index (χ0) is 26.6. The minimum atomic E-state index is -3.88. The minimum absolute atomic E-state index is 0.0294. The Morgan fingerprint density at radius 2 is 1.49 bits per heavy atom. The minimum Gasteiger partial charge on any atom is -0.352 e. The van der Waals surface area contributed by atoms with Crippen molar-refractivity contribution < 1.29 is 26.8 Å². The van der Waals surface area contributed by atoms with Gasteiger partial charge in [0, 0.05) is 36.1 Å². The van der Waals surface area contributed by atoms with Crippen LogP contribution in [0.25, 0.3) is 11.1 Å². The zero-order valence-electron chi connectivity index (χ0n) is 19.9. The van der Waals surface area contributed by atoms with Crippen molar-refractivity contribution in [2.24, 2.45) is 17.0 Å². The Morgan fingerprint density at radius 1 is 0.865 bits per heavy atom. The average molecular weight is 528 g/mol. The molecule has 10 heteroatoms.